The first-order chi connectivity index (χ1) is 12.3. The number of nitrogens with zero attached hydrogens (tertiary/aromatic N) is 3. The van der Waals surface area contributed by atoms with Crippen molar-refractivity contribution in [3.8, 4) is 0 Å². The zero-order chi connectivity index (χ0) is 19.3. The van der Waals surface area contributed by atoms with Gasteiger partial charge in [-0.1, -0.05) is 20.8 Å². The van der Waals surface area contributed by atoms with Crippen LogP contribution < -0.4 is 5.32 Å². The number of carbonyl (C=O) groups is 1. The van der Waals surface area contributed by atoms with Crippen LogP contribution in [0.1, 0.15) is 57.3 Å². The summed E-state index contributed by atoms with van der Waals surface area (Å²) >= 11 is 0. The molecule has 0 saturated heterocycles. The van der Waals surface area contributed by atoms with Crippen molar-refractivity contribution in [3.63, 3.8) is 0 Å². The first-order valence-corrected chi connectivity index (χ1v) is 9.41. The van der Waals surface area contributed by atoms with Crippen LogP contribution in [0, 0.1) is 5.92 Å². The van der Waals surface area contributed by atoms with E-state index < -0.39 is 17.8 Å². The zero-order valence-electron chi connectivity index (χ0n) is 15.8. The molecule has 0 aliphatic heterocycles. The van der Waals surface area contributed by atoms with E-state index in [4.69, 9.17) is 0 Å². The zero-order valence-corrected chi connectivity index (χ0v) is 15.8. The minimum Gasteiger partial charge on any atom is -0.356 e. The van der Waals surface area contributed by atoms with E-state index in [0.29, 0.717) is 12.2 Å². The quantitative estimate of drug-likeness (QED) is 0.640. The molecule has 0 spiro atoms. The summed E-state index contributed by atoms with van der Waals surface area (Å²) in [7, 11) is 0. The molecule has 0 aromatic carbocycles. The fourth-order valence-corrected chi connectivity index (χ4v) is 2.99. The second-order valence-electron chi connectivity index (χ2n) is 6.98. The Hall–Kier alpha value is -1.57. The minimum atomic E-state index is -4.45. The Labute approximate surface area is 152 Å². The van der Waals surface area contributed by atoms with Gasteiger partial charge in [0.2, 0.25) is 5.91 Å². The molecule has 148 valence electrons. The molecule has 1 amide bonds. The van der Waals surface area contributed by atoms with Crippen LogP contribution in [0.5, 0.6) is 0 Å². The highest BCUT2D eigenvalue weighted by atomic mass is 19.4. The van der Waals surface area contributed by atoms with Crippen molar-refractivity contribution < 1.29 is 18.0 Å². The van der Waals surface area contributed by atoms with Crippen molar-refractivity contribution in [1.82, 2.24) is 20.0 Å². The number of hydrogen-bond donors (Lipinski definition) is 1. The third kappa shape index (κ3) is 5.72. The van der Waals surface area contributed by atoms with Crippen LogP contribution in [0.15, 0.2) is 6.07 Å². The van der Waals surface area contributed by atoms with E-state index in [-0.39, 0.29) is 18.4 Å². The van der Waals surface area contributed by atoms with E-state index >= 15 is 0 Å². The lowest BCUT2D eigenvalue weighted by atomic mass is 10.1. The summed E-state index contributed by atoms with van der Waals surface area (Å²) in [6.45, 7) is 9.54. The predicted octanol–water partition coefficient (Wildman–Crippen LogP) is 3.26. The molecule has 1 aliphatic rings. The predicted molar refractivity (Wildman–Crippen MR) is 93.8 cm³/mol. The van der Waals surface area contributed by atoms with Crippen molar-refractivity contribution in [2.45, 2.75) is 58.7 Å². The van der Waals surface area contributed by atoms with Crippen LogP contribution in [0.2, 0.25) is 0 Å². The molecule has 1 heterocycles. The van der Waals surface area contributed by atoms with Crippen LogP contribution >= 0.6 is 0 Å². The smallest absolute Gasteiger partial charge is 0.356 e. The first-order valence-electron chi connectivity index (χ1n) is 9.41. The Morgan fingerprint density at radius 3 is 2.58 bits per heavy atom. The first kappa shape index (κ1) is 20.7. The van der Waals surface area contributed by atoms with E-state index in [9.17, 15) is 18.0 Å². The van der Waals surface area contributed by atoms with Gasteiger partial charge in [0.05, 0.1) is 12.5 Å². The number of hydrogen-bond acceptors (Lipinski definition) is 3. The van der Waals surface area contributed by atoms with E-state index in [1.54, 1.807) is 6.92 Å². The molecule has 1 saturated carbocycles. The summed E-state index contributed by atoms with van der Waals surface area (Å²) in [5.74, 6) is -0.430. The van der Waals surface area contributed by atoms with Crippen LogP contribution in [0.3, 0.4) is 0 Å². The van der Waals surface area contributed by atoms with Crippen LogP contribution in [0.25, 0.3) is 0 Å². The van der Waals surface area contributed by atoms with Gasteiger partial charge in [-0.05, 0) is 45.0 Å². The third-order valence-electron chi connectivity index (χ3n) is 4.84. The van der Waals surface area contributed by atoms with Gasteiger partial charge >= 0.3 is 6.18 Å². The lowest BCUT2D eigenvalue weighted by Crippen LogP contribution is -2.34. The monoisotopic (exact) mass is 374 g/mol. The Morgan fingerprint density at radius 1 is 1.38 bits per heavy atom. The van der Waals surface area contributed by atoms with Gasteiger partial charge in [0, 0.05) is 18.2 Å². The van der Waals surface area contributed by atoms with E-state index in [1.807, 2.05) is 0 Å². The molecule has 1 aliphatic carbocycles. The Bertz CT molecular complexity index is 592. The molecule has 8 heteroatoms. The van der Waals surface area contributed by atoms with Crippen molar-refractivity contribution in [2.75, 3.05) is 26.2 Å². The fourth-order valence-electron chi connectivity index (χ4n) is 2.99. The van der Waals surface area contributed by atoms with Gasteiger partial charge in [0.1, 0.15) is 0 Å². The van der Waals surface area contributed by atoms with Crippen molar-refractivity contribution in [3.05, 3.63) is 17.5 Å². The van der Waals surface area contributed by atoms with Gasteiger partial charge in [-0.25, -0.2) is 0 Å². The van der Waals surface area contributed by atoms with Crippen molar-refractivity contribution >= 4 is 5.91 Å². The Balaban J connectivity index is 1.87. The highest BCUT2D eigenvalue weighted by molar-refractivity contribution is 5.78. The van der Waals surface area contributed by atoms with E-state index in [1.165, 1.54) is 4.68 Å². The summed E-state index contributed by atoms with van der Waals surface area (Å²) in [6.07, 6.45) is -1.83. The maximum atomic E-state index is 12.9. The molecule has 5 nitrogen and oxygen atoms in total. The molecule has 26 heavy (non-hydrogen) atoms. The SMILES string of the molecule is CCN(CC)CCCNC(=O)C(C)Cn1nc(C(F)(F)F)cc1C1CC1. The average molecular weight is 374 g/mol. The maximum Gasteiger partial charge on any atom is 0.435 e. The minimum absolute atomic E-state index is 0.142. The van der Waals surface area contributed by atoms with Gasteiger partial charge < -0.3 is 10.2 Å². The molecule has 1 N–H and O–H groups in total. The highest BCUT2D eigenvalue weighted by Crippen LogP contribution is 2.42. The fraction of sp³-hybridized carbons (Fsp3) is 0.778. The van der Waals surface area contributed by atoms with Crippen molar-refractivity contribution in [2.24, 2.45) is 5.92 Å². The maximum absolute atomic E-state index is 12.9. The molecule has 1 fully saturated rings. The van der Waals surface area contributed by atoms with E-state index in [2.05, 4.69) is 29.2 Å². The van der Waals surface area contributed by atoms with Crippen LogP contribution in [-0.2, 0) is 17.5 Å². The molecule has 1 atom stereocenters. The summed E-state index contributed by atoms with van der Waals surface area (Å²) < 4.78 is 40.2. The second kappa shape index (κ2) is 8.88. The van der Waals surface area contributed by atoms with Gasteiger partial charge in [-0.3, -0.25) is 9.48 Å². The number of alkyl halides is 3. The highest BCUT2D eigenvalue weighted by Gasteiger charge is 2.38. The topological polar surface area (TPSA) is 50.2 Å². The summed E-state index contributed by atoms with van der Waals surface area (Å²) in [6, 6.07) is 1.13. The molecular formula is C18H29F3N4O. The van der Waals surface area contributed by atoms with Crippen LogP contribution in [0.4, 0.5) is 13.2 Å². The summed E-state index contributed by atoms with van der Waals surface area (Å²) in [5, 5.41) is 6.59. The molecule has 1 unspecified atom stereocenters. The third-order valence-corrected chi connectivity index (χ3v) is 4.84. The van der Waals surface area contributed by atoms with Gasteiger partial charge in [-0.2, -0.15) is 18.3 Å². The lowest BCUT2D eigenvalue weighted by Gasteiger charge is -2.18. The average Bonchev–Trinajstić information content (AvgIpc) is 3.34. The lowest BCUT2D eigenvalue weighted by molar-refractivity contribution is -0.141. The summed E-state index contributed by atoms with van der Waals surface area (Å²) in [5.41, 5.74) is -0.273. The van der Waals surface area contributed by atoms with E-state index in [0.717, 1.165) is 45.0 Å². The normalized spacial score (nSPS) is 16.1. The number of halogens is 3. The van der Waals surface area contributed by atoms with Gasteiger partial charge in [0.15, 0.2) is 5.69 Å². The number of nitrogens with one attached hydrogen (secondary N) is 1. The standard InChI is InChI=1S/C18H29F3N4O/c1-4-24(5-2)10-6-9-22-17(26)13(3)12-25-15(14-7-8-14)11-16(23-25)18(19,20)21/h11,13-14H,4-10,12H2,1-3H3,(H,22,26). The molecule has 1 aromatic heterocycles. The molecular weight excluding hydrogens is 345 g/mol. The molecule has 0 radical (unpaired) electrons. The second-order valence-corrected chi connectivity index (χ2v) is 6.98. The molecule has 1 aromatic rings. The molecule has 0 bridgehead atoms. The van der Waals surface area contributed by atoms with Crippen LogP contribution in [-0.4, -0.2) is 46.8 Å². The Morgan fingerprint density at radius 2 is 2.04 bits per heavy atom. The van der Waals surface area contributed by atoms with Crippen molar-refractivity contribution in [1.29, 1.82) is 0 Å². The largest absolute Gasteiger partial charge is 0.435 e. The number of rotatable bonds is 10. The van der Waals surface area contributed by atoms with Gasteiger partial charge in [-0.15, -0.1) is 0 Å². The number of aromatic nitrogens is 2. The number of carbonyl (C=O) groups excluding carboxylic acids is 1. The molecule has 2 rings (SSSR count). The number of amides is 1. The van der Waals surface area contributed by atoms with Gasteiger partial charge in [0.25, 0.3) is 0 Å². The summed E-state index contributed by atoms with van der Waals surface area (Å²) in [4.78, 5) is 14.5. The Kier molecular flexibility index (Phi) is 7.08.